The Hall–Kier alpha value is -6.68. The van der Waals surface area contributed by atoms with Crippen LogP contribution in [0.1, 0.15) is 30.5 Å². The quantitative estimate of drug-likeness (QED) is 0.0561. The van der Waals surface area contributed by atoms with E-state index in [1.165, 1.54) is 43.3 Å². The second-order valence-electron chi connectivity index (χ2n) is 13.8. The predicted molar refractivity (Wildman–Crippen MR) is 207 cm³/mol. The van der Waals surface area contributed by atoms with Crippen LogP contribution in [-0.4, -0.2) is 82.3 Å². The van der Waals surface area contributed by atoms with Crippen molar-refractivity contribution in [1.82, 2.24) is 19.5 Å². The van der Waals surface area contributed by atoms with E-state index in [1.807, 2.05) is 14.1 Å². The van der Waals surface area contributed by atoms with E-state index in [9.17, 15) is 19.7 Å². The Labute approximate surface area is 320 Å². The number of fused-ring (bicyclic) bond motifs is 1. The molecule has 2 aromatic carbocycles. The lowest BCUT2D eigenvalue weighted by Gasteiger charge is -2.28. The van der Waals surface area contributed by atoms with Crippen molar-refractivity contribution >= 4 is 34.7 Å². The Morgan fingerprint density at radius 2 is 1.80 bits per heavy atom. The number of aliphatic imine (C=N–C) groups is 1. The van der Waals surface area contributed by atoms with E-state index < -0.39 is 33.7 Å². The first kappa shape index (κ1) is 39.0. The normalized spacial score (nSPS) is 13.4. The molecule has 56 heavy (non-hydrogen) atoms. The van der Waals surface area contributed by atoms with Gasteiger partial charge in [0.1, 0.15) is 18.4 Å². The van der Waals surface area contributed by atoms with E-state index in [-0.39, 0.29) is 46.7 Å². The van der Waals surface area contributed by atoms with Gasteiger partial charge < -0.3 is 29.4 Å². The van der Waals surface area contributed by atoms with Crippen LogP contribution in [0, 0.1) is 21.7 Å². The molecule has 5 aromatic rings. The zero-order valence-corrected chi connectivity index (χ0v) is 31.3. The van der Waals surface area contributed by atoms with Gasteiger partial charge in [-0.15, -0.1) is 0 Å². The van der Waals surface area contributed by atoms with E-state index >= 15 is 8.78 Å². The number of halogens is 2. The van der Waals surface area contributed by atoms with E-state index in [4.69, 9.17) is 9.47 Å². The van der Waals surface area contributed by atoms with Gasteiger partial charge in [-0.2, -0.15) is 4.98 Å². The number of pyridine rings is 2. The number of hydrogen-bond donors (Lipinski definition) is 1. The summed E-state index contributed by atoms with van der Waals surface area (Å²) in [5, 5.41) is 14.7. The van der Waals surface area contributed by atoms with Crippen LogP contribution < -0.4 is 20.3 Å². The zero-order chi connectivity index (χ0) is 40.1. The number of ether oxygens (including phenoxy) is 2. The number of nitrogens with zero attached hydrogens (tertiary/aromatic N) is 7. The Bertz CT molecular complexity index is 2460. The predicted octanol–water partition coefficient (Wildman–Crippen LogP) is 6.21. The molecule has 0 radical (unpaired) electrons. The molecule has 0 fully saturated rings. The van der Waals surface area contributed by atoms with Crippen LogP contribution in [0.3, 0.4) is 0 Å². The van der Waals surface area contributed by atoms with Crippen LogP contribution in [0.2, 0.25) is 0 Å². The molecule has 14 nitrogen and oxygen atoms in total. The molecule has 0 saturated carbocycles. The first-order chi connectivity index (χ1) is 26.8. The molecule has 16 heteroatoms. The Morgan fingerprint density at radius 3 is 2.48 bits per heavy atom. The molecule has 1 aliphatic heterocycles. The van der Waals surface area contributed by atoms with Gasteiger partial charge in [0.25, 0.3) is 5.56 Å². The van der Waals surface area contributed by atoms with Crippen LogP contribution in [0.15, 0.2) is 100 Å². The highest BCUT2D eigenvalue weighted by Gasteiger charge is 2.29. The van der Waals surface area contributed by atoms with Crippen molar-refractivity contribution < 1.29 is 32.5 Å². The third-order valence-corrected chi connectivity index (χ3v) is 9.31. The number of nitro groups is 1. The second-order valence-corrected chi connectivity index (χ2v) is 13.8. The first-order valence-corrected chi connectivity index (χ1v) is 17.5. The van der Waals surface area contributed by atoms with Crippen molar-refractivity contribution in [1.29, 1.82) is 0 Å². The number of anilines is 2. The molecular weight excluding hydrogens is 726 g/mol. The molecule has 0 amide bonds. The highest BCUT2D eigenvalue weighted by Crippen LogP contribution is 2.38. The summed E-state index contributed by atoms with van der Waals surface area (Å²) in [7, 11) is 6.28. The number of rotatable bonds is 15. The Morgan fingerprint density at radius 1 is 1.09 bits per heavy atom. The van der Waals surface area contributed by atoms with Gasteiger partial charge in [-0.1, -0.05) is 29.3 Å². The van der Waals surface area contributed by atoms with E-state index in [0.717, 1.165) is 6.07 Å². The highest BCUT2D eigenvalue weighted by molar-refractivity contribution is 5.91. The van der Waals surface area contributed by atoms with Crippen molar-refractivity contribution in [2.45, 2.75) is 25.8 Å². The lowest BCUT2D eigenvalue weighted by Crippen LogP contribution is -2.41. The summed E-state index contributed by atoms with van der Waals surface area (Å²) in [5.41, 5.74) is 1.06. The molecular formula is C40H39F2N8O6+. The van der Waals surface area contributed by atoms with Crippen molar-refractivity contribution in [3.63, 3.8) is 0 Å². The SMILES string of the molecule is COc1cc(OC)c(F)c(-c2cc3cnc(Nc4ccncc4)nc3n(C(C)c3cccc(CC(=O)/C=C/C[N+](C)(C)CC4=C([N+](=O)[O-])N=CC4)c3)c2=O)c1F. The highest BCUT2D eigenvalue weighted by atomic mass is 19.1. The molecule has 1 unspecified atom stereocenters. The van der Waals surface area contributed by atoms with Crippen LogP contribution in [0.4, 0.5) is 20.4 Å². The van der Waals surface area contributed by atoms with E-state index in [1.54, 1.807) is 61.8 Å². The number of carbonyl (C=O) groups is 1. The largest absolute Gasteiger partial charge is 0.494 e. The molecule has 0 bridgehead atoms. The van der Waals surface area contributed by atoms with Gasteiger partial charge in [0.2, 0.25) is 5.95 Å². The number of allylic oxidation sites excluding steroid dienone is 1. The first-order valence-electron chi connectivity index (χ1n) is 17.5. The van der Waals surface area contributed by atoms with Gasteiger partial charge >= 0.3 is 5.82 Å². The molecule has 0 aliphatic carbocycles. The summed E-state index contributed by atoms with van der Waals surface area (Å²) < 4.78 is 43.7. The summed E-state index contributed by atoms with van der Waals surface area (Å²) in [6.07, 6.45) is 9.87. The average molecular weight is 766 g/mol. The minimum atomic E-state index is -1.08. The maximum Gasteiger partial charge on any atom is 0.368 e. The van der Waals surface area contributed by atoms with Crippen LogP contribution in [0.25, 0.3) is 22.2 Å². The van der Waals surface area contributed by atoms with Crippen LogP contribution >= 0.6 is 0 Å². The second kappa shape index (κ2) is 16.4. The van der Waals surface area contributed by atoms with Gasteiger partial charge in [-0.3, -0.25) is 19.1 Å². The summed E-state index contributed by atoms with van der Waals surface area (Å²) in [6, 6.07) is 12.2. The fourth-order valence-electron chi connectivity index (χ4n) is 6.56. The molecule has 1 aliphatic rings. The number of carbonyl (C=O) groups excluding carboxylic acids is 1. The van der Waals surface area contributed by atoms with Crippen LogP contribution in [0.5, 0.6) is 11.5 Å². The number of benzene rings is 2. The molecule has 3 aromatic heterocycles. The number of ketones is 1. The standard InChI is InChI=1S/C40H38F2N8O6/c1-24(26-9-6-8-25(18-26)19-30(51)10-7-17-50(2,3)23-27-11-16-44-37(27)49(53)54)48-38-28(22-45-40(47-38)46-29-12-14-43-15-13-29)20-31(39(48)52)34-35(41)32(55-4)21-33(56-5)36(34)42/h6-10,12-16,18,20-22,24H,11,17,19,23H2,1-5H3/p+1/b10-7+. The minimum absolute atomic E-state index is 0.0484. The molecule has 6 rings (SSSR count). The maximum absolute atomic E-state index is 15.9. The van der Waals surface area contributed by atoms with E-state index in [2.05, 4.69) is 25.3 Å². The lowest BCUT2D eigenvalue weighted by atomic mass is 10.00. The summed E-state index contributed by atoms with van der Waals surface area (Å²) >= 11 is 0. The van der Waals surface area contributed by atoms with Crippen molar-refractivity contribution in [2.24, 2.45) is 4.99 Å². The summed E-state index contributed by atoms with van der Waals surface area (Å²) in [6.45, 7) is 2.60. The molecule has 0 spiro atoms. The topological polar surface area (TPSA) is 164 Å². The monoisotopic (exact) mass is 765 g/mol. The number of methoxy groups -OCH3 is 2. The van der Waals surface area contributed by atoms with Gasteiger partial charge in [-0.05, 0) is 53.3 Å². The van der Waals surface area contributed by atoms with Crippen LogP contribution in [-0.2, 0) is 11.2 Å². The number of likely N-dealkylation sites (N-methyl/N-ethyl adjacent to an activating group) is 1. The smallest absolute Gasteiger partial charge is 0.368 e. The number of nitrogens with one attached hydrogen (secondary N) is 1. The van der Waals surface area contributed by atoms with Crippen molar-refractivity contribution in [3.05, 3.63) is 134 Å². The molecule has 1 atom stereocenters. The maximum atomic E-state index is 15.9. The molecule has 1 N–H and O–H groups in total. The lowest BCUT2D eigenvalue weighted by molar-refractivity contribution is -0.880. The number of quaternary nitrogens is 1. The van der Waals surface area contributed by atoms with Gasteiger partial charge in [0.15, 0.2) is 28.9 Å². The van der Waals surface area contributed by atoms with Gasteiger partial charge in [0, 0.05) is 48.6 Å². The van der Waals surface area contributed by atoms with E-state index in [0.29, 0.717) is 51.8 Å². The van der Waals surface area contributed by atoms with Crippen molar-refractivity contribution in [2.75, 3.05) is 46.7 Å². The average Bonchev–Trinajstić information content (AvgIpc) is 3.63. The Balaban J connectivity index is 1.34. The number of aromatic nitrogens is 4. The molecule has 4 heterocycles. The Kier molecular flexibility index (Phi) is 11.4. The zero-order valence-electron chi connectivity index (χ0n) is 31.3. The molecule has 0 saturated heterocycles. The fourth-order valence-corrected chi connectivity index (χ4v) is 6.56. The summed E-state index contributed by atoms with van der Waals surface area (Å²) in [5.74, 6) is -2.93. The third kappa shape index (κ3) is 8.34. The number of hydrogen-bond acceptors (Lipinski definition) is 11. The fraction of sp³-hybridized carbons (Fsp3) is 0.250. The van der Waals surface area contributed by atoms with Gasteiger partial charge in [-0.25, -0.2) is 13.8 Å². The summed E-state index contributed by atoms with van der Waals surface area (Å²) in [4.78, 5) is 55.5. The van der Waals surface area contributed by atoms with Gasteiger partial charge in [0.05, 0.1) is 57.6 Å². The minimum Gasteiger partial charge on any atom is -0.494 e. The van der Waals surface area contributed by atoms with Crippen molar-refractivity contribution in [3.8, 4) is 22.6 Å². The third-order valence-electron chi connectivity index (χ3n) is 9.31. The molecule has 288 valence electrons.